The summed E-state index contributed by atoms with van der Waals surface area (Å²) >= 11 is 3.69. The van der Waals surface area contributed by atoms with Gasteiger partial charge < -0.3 is 0 Å². The van der Waals surface area contributed by atoms with Crippen LogP contribution in [-0.4, -0.2) is 5.33 Å². The summed E-state index contributed by atoms with van der Waals surface area (Å²) in [5.41, 5.74) is 1.92. The second kappa shape index (κ2) is 2.99. The molecule has 0 nitrogen and oxygen atoms in total. The molecule has 0 amide bonds. The van der Waals surface area contributed by atoms with Gasteiger partial charge in [0.2, 0.25) is 0 Å². The van der Waals surface area contributed by atoms with Crippen molar-refractivity contribution in [3.63, 3.8) is 0 Å². The van der Waals surface area contributed by atoms with Crippen molar-refractivity contribution < 1.29 is 0 Å². The van der Waals surface area contributed by atoms with Crippen LogP contribution in [0.3, 0.4) is 0 Å². The van der Waals surface area contributed by atoms with Crippen LogP contribution in [0, 0.1) is 22.2 Å². The third-order valence-electron chi connectivity index (χ3n) is 5.39. The predicted octanol–water partition coefficient (Wildman–Crippen LogP) is 4.62. The Morgan fingerprint density at radius 1 is 1.00 bits per heavy atom. The van der Waals surface area contributed by atoms with Gasteiger partial charge in [-0.3, -0.25) is 0 Å². The van der Waals surface area contributed by atoms with Crippen molar-refractivity contribution in [3.8, 4) is 0 Å². The molecule has 82 valence electrons. The fourth-order valence-electron chi connectivity index (χ4n) is 3.77. The predicted molar refractivity (Wildman–Crippen MR) is 65.7 cm³/mol. The minimum atomic E-state index is 0.604. The van der Waals surface area contributed by atoms with E-state index in [0.29, 0.717) is 16.2 Å². The Bertz CT molecular complexity index is 230. The van der Waals surface area contributed by atoms with Gasteiger partial charge in [0.1, 0.15) is 0 Å². The Kier molecular flexibility index (Phi) is 2.35. The highest BCUT2D eigenvalue weighted by atomic mass is 79.9. The fraction of sp³-hybridized carbons (Fsp3) is 1.00. The topological polar surface area (TPSA) is 0 Å². The monoisotopic (exact) mass is 258 g/mol. The maximum atomic E-state index is 3.69. The molecule has 0 heterocycles. The molecule has 0 aromatic heterocycles. The summed E-state index contributed by atoms with van der Waals surface area (Å²) in [4.78, 5) is 0. The Labute approximate surface area is 97.0 Å². The minimum Gasteiger partial charge on any atom is -0.0925 e. The first kappa shape index (κ1) is 11.0. The molecule has 2 fully saturated rings. The van der Waals surface area contributed by atoms with Crippen LogP contribution < -0.4 is 0 Å². The highest BCUT2D eigenvalue weighted by molar-refractivity contribution is 9.09. The molecule has 0 N–H and O–H groups in total. The minimum absolute atomic E-state index is 0.604. The molecular weight excluding hydrogens is 236 g/mol. The number of hydrogen-bond acceptors (Lipinski definition) is 0. The third-order valence-corrected chi connectivity index (χ3v) is 6.04. The van der Waals surface area contributed by atoms with Gasteiger partial charge in [0, 0.05) is 5.33 Å². The lowest BCUT2D eigenvalue weighted by atomic mass is 9.69. The standard InChI is InChI=1S/C13H23Br/c1-11(2)5-7-13(8-6-11)10(9-14)12(13,3)4/h10H,5-9H2,1-4H3. The van der Waals surface area contributed by atoms with Crippen molar-refractivity contribution in [2.24, 2.45) is 22.2 Å². The maximum Gasteiger partial charge on any atom is 0.00704 e. The average Bonchev–Trinajstić information content (AvgIpc) is 2.54. The zero-order valence-electron chi connectivity index (χ0n) is 9.99. The third kappa shape index (κ3) is 1.31. The van der Waals surface area contributed by atoms with E-state index in [-0.39, 0.29) is 0 Å². The summed E-state index contributed by atoms with van der Waals surface area (Å²) in [6.45, 7) is 9.80. The SMILES string of the molecule is CC1(C)CCC2(CC1)C(CBr)C2(C)C. The van der Waals surface area contributed by atoms with Gasteiger partial charge in [0.05, 0.1) is 0 Å². The van der Waals surface area contributed by atoms with Crippen molar-refractivity contribution >= 4 is 15.9 Å². The lowest BCUT2D eigenvalue weighted by Gasteiger charge is -2.36. The number of halogens is 1. The molecule has 1 atom stereocenters. The molecule has 1 unspecified atom stereocenters. The van der Waals surface area contributed by atoms with E-state index < -0.39 is 0 Å². The first-order valence-electron chi connectivity index (χ1n) is 5.92. The molecule has 1 heteroatoms. The van der Waals surface area contributed by atoms with Crippen molar-refractivity contribution in [2.75, 3.05) is 5.33 Å². The van der Waals surface area contributed by atoms with Crippen LogP contribution >= 0.6 is 15.9 Å². The Hall–Kier alpha value is 0.480. The normalized spacial score (nSPS) is 37.1. The van der Waals surface area contributed by atoms with E-state index in [4.69, 9.17) is 0 Å². The Balaban J connectivity index is 2.09. The molecule has 2 saturated carbocycles. The summed E-state index contributed by atoms with van der Waals surface area (Å²) in [6, 6.07) is 0. The Morgan fingerprint density at radius 3 is 1.86 bits per heavy atom. The summed E-state index contributed by atoms with van der Waals surface area (Å²) < 4.78 is 0. The second-order valence-electron chi connectivity index (χ2n) is 6.75. The van der Waals surface area contributed by atoms with Gasteiger partial charge in [-0.15, -0.1) is 0 Å². The zero-order valence-corrected chi connectivity index (χ0v) is 11.6. The summed E-state index contributed by atoms with van der Waals surface area (Å²) in [7, 11) is 0. The smallest absolute Gasteiger partial charge is 0.00704 e. The molecule has 0 radical (unpaired) electrons. The van der Waals surface area contributed by atoms with Crippen molar-refractivity contribution in [1.82, 2.24) is 0 Å². The van der Waals surface area contributed by atoms with Crippen molar-refractivity contribution in [1.29, 1.82) is 0 Å². The van der Waals surface area contributed by atoms with E-state index in [9.17, 15) is 0 Å². The van der Waals surface area contributed by atoms with Crippen LogP contribution in [0.15, 0.2) is 0 Å². The Morgan fingerprint density at radius 2 is 1.50 bits per heavy atom. The maximum absolute atomic E-state index is 3.69. The van der Waals surface area contributed by atoms with Crippen LogP contribution in [0.2, 0.25) is 0 Å². The van der Waals surface area contributed by atoms with E-state index in [2.05, 4.69) is 43.6 Å². The van der Waals surface area contributed by atoms with Crippen LogP contribution in [0.5, 0.6) is 0 Å². The molecule has 14 heavy (non-hydrogen) atoms. The molecule has 0 aromatic rings. The van der Waals surface area contributed by atoms with Crippen LogP contribution in [0.4, 0.5) is 0 Å². The van der Waals surface area contributed by atoms with Gasteiger partial charge in [0.15, 0.2) is 0 Å². The van der Waals surface area contributed by atoms with E-state index in [0.717, 1.165) is 5.92 Å². The molecule has 2 aliphatic carbocycles. The van der Waals surface area contributed by atoms with Crippen molar-refractivity contribution in [3.05, 3.63) is 0 Å². The summed E-state index contributed by atoms with van der Waals surface area (Å²) in [5.74, 6) is 0.936. The van der Waals surface area contributed by atoms with E-state index in [1.807, 2.05) is 0 Å². The zero-order chi connectivity index (χ0) is 10.6. The molecule has 1 spiro atoms. The molecule has 2 aliphatic rings. The molecule has 0 bridgehead atoms. The molecule has 0 saturated heterocycles. The van der Waals surface area contributed by atoms with E-state index >= 15 is 0 Å². The van der Waals surface area contributed by atoms with Gasteiger partial charge in [-0.25, -0.2) is 0 Å². The number of rotatable bonds is 1. The van der Waals surface area contributed by atoms with E-state index in [1.165, 1.54) is 31.0 Å². The molecular formula is C13H23Br. The van der Waals surface area contributed by atoms with Crippen LogP contribution in [0.25, 0.3) is 0 Å². The fourth-order valence-corrected chi connectivity index (χ4v) is 5.20. The first-order valence-corrected chi connectivity index (χ1v) is 7.04. The highest BCUT2D eigenvalue weighted by Crippen LogP contribution is 2.76. The van der Waals surface area contributed by atoms with E-state index in [1.54, 1.807) is 0 Å². The number of alkyl halides is 1. The largest absolute Gasteiger partial charge is 0.0925 e. The molecule has 2 rings (SSSR count). The number of hydrogen-bond donors (Lipinski definition) is 0. The first-order chi connectivity index (χ1) is 6.36. The highest BCUT2D eigenvalue weighted by Gasteiger charge is 2.69. The second-order valence-corrected chi connectivity index (χ2v) is 7.40. The van der Waals surface area contributed by atoms with Crippen LogP contribution in [0.1, 0.15) is 53.4 Å². The van der Waals surface area contributed by atoms with Crippen molar-refractivity contribution in [2.45, 2.75) is 53.4 Å². The van der Waals surface area contributed by atoms with Gasteiger partial charge in [-0.05, 0) is 47.8 Å². The van der Waals surface area contributed by atoms with Gasteiger partial charge >= 0.3 is 0 Å². The lowest BCUT2D eigenvalue weighted by Crippen LogP contribution is -2.25. The van der Waals surface area contributed by atoms with Gasteiger partial charge in [-0.2, -0.15) is 0 Å². The summed E-state index contributed by atoms with van der Waals surface area (Å²) in [5, 5.41) is 1.21. The van der Waals surface area contributed by atoms with Gasteiger partial charge in [0.25, 0.3) is 0 Å². The van der Waals surface area contributed by atoms with Crippen LogP contribution in [-0.2, 0) is 0 Å². The van der Waals surface area contributed by atoms with Gasteiger partial charge in [-0.1, -0.05) is 43.6 Å². The lowest BCUT2D eigenvalue weighted by molar-refractivity contribution is 0.148. The average molecular weight is 259 g/mol. The summed E-state index contributed by atoms with van der Waals surface area (Å²) in [6.07, 6.45) is 5.78. The molecule has 0 aliphatic heterocycles. The molecule has 0 aromatic carbocycles. The quantitative estimate of drug-likeness (QED) is 0.602.